The highest BCUT2D eigenvalue weighted by Crippen LogP contribution is 2.24. The lowest BCUT2D eigenvalue weighted by Crippen LogP contribution is -2.36. The summed E-state index contributed by atoms with van der Waals surface area (Å²) in [6.45, 7) is 1.18. The number of aliphatic carboxylic acids is 2. The molecule has 0 aliphatic heterocycles. The predicted molar refractivity (Wildman–Crippen MR) is 43.3 cm³/mol. The molecule has 0 spiro atoms. The molecule has 0 unspecified atom stereocenters. The standard InChI is InChI=1S/C7H11ClO4/c1-7(5(9)10,6(11)12)3-2-4-8/h2-4H2,1H3,(H,9,10)(H,11,12). The number of carboxylic acids is 2. The van der Waals surface area contributed by atoms with Crippen LogP contribution in [0, 0.1) is 5.41 Å². The summed E-state index contributed by atoms with van der Waals surface area (Å²) in [7, 11) is 0. The molecule has 0 saturated heterocycles. The van der Waals surface area contributed by atoms with Gasteiger partial charge in [-0.25, -0.2) is 0 Å². The van der Waals surface area contributed by atoms with E-state index in [0.717, 1.165) is 0 Å². The minimum atomic E-state index is -1.70. The predicted octanol–water partition coefficient (Wildman–Crippen LogP) is 1.18. The number of carboxylic acid groups (broad SMARTS) is 2. The molecule has 0 saturated carbocycles. The van der Waals surface area contributed by atoms with Crippen LogP contribution in [0.5, 0.6) is 0 Å². The minimum absolute atomic E-state index is 0.0567. The van der Waals surface area contributed by atoms with E-state index in [9.17, 15) is 9.59 Å². The van der Waals surface area contributed by atoms with Crippen molar-refractivity contribution < 1.29 is 19.8 Å². The van der Waals surface area contributed by atoms with Gasteiger partial charge in [-0.15, -0.1) is 11.6 Å². The molecule has 5 heteroatoms. The zero-order chi connectivity index (χ0) is 9.78. The molecule has 0 fully saturated rings. The number of halogens is 1. The average Bonchev–Trinajstić information content (AvgIpc) is 1.99. The van der Waals surface area contributed by atoms with Gasteiger partial charge in [0.2, 0.25) is 0 Å². The normalized spacial score (nSPS) is 11.2. The maximum Gasteiger partial charge on any atom is 0.320 e. The molecule has 0 radical (unpaired) electrons. The third-order valence-corrected chi connectivity index (χ3v) is 2.02. The van der Waals surface area contributed by atoms with Crippen LogP contribution in [0.25, 0.3) is 0 Å². The fraction of sp³-hybridized carbons (Fsp3) is 0.714. The Balaban J connectivity index is 4.40. The van der Waals surface area contributed by atoms with Gasteiger partial charge in [0.05, 0.1) is 0 Å². The Morgan fingerprint density at radius 3 is 2.00 bits per heavy atom. The summed E-state index contributed by atoms with van der Waals surface area (Å²) in [6, 6.07) is 0. The van der Waals surface area contributed by atoms with Crippen molar-refractivity contribution in [2.45, 2.75) is 19.8 Å². The number of carbonyl (C=O) groups is 2. The Morgan fingerprint density at radius 2 is 1.75 bits per heavy atom. The summed E-state index contributed by atoms with van der Waals surface area (Å²) >= 11 is 5.33. The zero-order valence-electron chi connectivity index (χ0n) is 6.71. The summed E-state index contributed by atoms with van der Waals surface area (Å²) in [5.41, 5.74) is -1.70. The van der Waals surface area contributed by atoms with Crippen LogP contribution >= 0.6 is 11.6 Å². The Kier molecular flexibility index (Phi) is 4.03. The number of rotatable bonds is 5. The third-order valence-electron chi connectivity index (χ3n) is 1.75. The van der Waals surface area contributed by atoms with Crippen molar-refractivity contribution in [1.82, 2.24) is 0 Å². The molecular weight excluding hydrogens is 184 g/mol. The molecule has 0 bridgehead atoms. The monoisotopic (exact) mass is 194 g/mol. The first-order chi connectivity index (χ1) is 5.45. The zero-order valence-corrected chi connectivity index (χ0v) is 7.47. The molecule has 0 heterocycles. The third kappa shape index (κ3) is 2.37. The molecule has 2 N–H and O–H groups in total. The van der Waals surface area contributed by atoms with Crippen molar-refractivity contribution in [2.24, 2.45) is 5.41 Å². The SMILES string of the molecule is CC(CCCCl)(C(=O)O)C(=O)O. The van der Waals surface area contributed by atoms with E-state index in [2.05, 4.69) is 0 Å². The molecule has 12 heavy (non-hydrogen) atoms. The summed E-state index contributed by atoms with van der Waals surface area (Å²) in [5, 5.41) is 17.2. The van der Waals surface area contributed by atoms with Gasteiger partial charge in [-0.1, -0.05) is 0 Å². The van der Waals surface area contributed by atoms with Crippen molar-refractivity contribution in [2.75, 3.05) is 5.88 Å². The van der Waals surface area contributed by atoms with E-state index < -0.39 is 17.4 Å². The Morgan fingerprint density at radius 1 is 1.33 bits per heavy atom. The van der Waals surface area contributed by atoms with Gasteiger partial charge in [0, 0.05) is 5.88 Å². The summed E-state index contributed by atoms with van der Waals surface area (Å²) in [5.74, 6) is -2.36. The van der Waals surface area contributed by atoms with Crippen LogP contribution in [0.1, 0.15) is 19.8 Å². The van der Waals surface area contributed by atoms with E-state index >= 15 is 0 Å². The van der Waals surface area contributed by atoms with Gasteiger partial charge in [0.25, 0.3) is 0 Å². The highest BCUT2D eigenvalue weighted by molar-refractivity contribution is 6.17. The smallest absolute Gasteiger partial charge is 0.320 e. The van der Waals surface area contributed by atoms with Crippen molar-refractivity contribution in [3.8, 4) is 0 Å². The second kappa shape index (κ2) is 4.30. The number of hydrogen-bond donors (Lipinski definition) is 2. The second-order valence-electron chi connectivity index (χ2n) is 2.73. The molecule has 0 rings (SSSR count). The van der Waals surface area contributed by atoms with Crippen LogP contribution in [0.4, 0.5) is 0 Å². The molecule has 0 atom stereocenters. The van der Waals surface area contributed by atoms with E-state index in [0.29, 0.717) is 6.42 Å². The first-order valence-corrected chi connectivity index (χ1v) is 4.01. The van der Waals surface area contributed by atoms with Gasteiger partial charge in [0.15, 0.2) is 5.41 Å². The topological polar surface area (TPSA) is 74.6 Å². The largest absolute Gasteiger partial charge is 0.480 e. The molecule has 0 aromatic heterocycles. The van der Waals surface area contributed by atoms with Crippen LogP contribution < -0.4 is 0 Å². The molecule has 70 valence electrons. The molecule has 0 amide bonds. The molecule has 4 nitrogen and oxygen atoms in total. The van der Waals surface area contributed by atoms with Crippen molar-refractivity contribution >= 4 is 23.5 Å². The molecular formula is C7H11ClO4. The van der Waals surface area contributed by atoms with E-state index in [1.807, 2.05) is 0 Å². The number of alkyl halides is 1. The van der Waals surface area contributed by atoms with Crippen LogP contribution in [0.15, 0.2) is 0 Å². The van der Waals surface area contributed by atoms with Crippen LogP contribution in [0.2, 0.25) is 0 Å². The molecule has 0 aliphatic carbocycles. The van der Waals surface area contributed by atoms with Gasteiger partial charge in [-0.05, 0) is 19.8 Å². The van der Waals surface area contributed by atoms with Gasteiger partial charge >= 0.3 is 11.9 Å². The molecule has 0 aromatic rings. The Hall–Kier alpha value is -0.770. The molecule has 0 aromatic carbocycles. The summed E-state index contributed by atoms with van der Waals surface area (Å²) in [4.78, 5) is 21.1. The van der Waals surface area contributed by atoms with Crippen molar-refractivity contribution in [3.63, 3.8) is 0 Å². The number of hydrogen-bond acceptors (Lipinski definition) is 2. The van der Waals surface area contributed by atoms with Gasteiger partial charge in [-0.3, -0.25) is 9.59 Å². The van der Waals surface area contributed by atoms with Crippen LogP contribution in [-0.4, -0.2) is 28.0 Å². The summed E-state index contributed by atoms with van der Waals surface area (Å²) < 4.78 is 0. The van der Waals surface area contributed by atoms with Gasteiger partial charge < -0.3 is 10.2 Å². The van der Waals surface area contributed by atoms with Gasteiger partial charge in [-0.2, -0.15) is 0 Å². The fourth-order valence-corrected chi connectivity index (χ4v) is 0.859. The van der Waals surface area contributed by atoms with Gasteiger partial charge in [0.1, 0.15) is 0 Å². The van der Waals surface area contributed by atoms with E-state index in [1.54, 1.807) is 0 Å². The van der Waals surface area contributed by atoms with Crippen molar-refractivity contribution in [3.05, 3.63) is 0 Å². The maximum absolute atomic E-state index is 10.5. The second-order valence-corrected chi connectivity index (χ2v) is 3.11. The fourth-order valence-electron chi connectivity index (χ4n) is 0.726. The quantitative estimate of drug-likeness (QED) is 0.509. The Labute approximate surface area is 75.1 Å². The lowest BCUT2D eigenvalue weighted by Gasteiger charge is -2.18. The Bertz CT molecular complexity index is 176. The van der Waals surface area contributed by atoms with Crippen LogP contribution in [0.3, 0.4) is 0 Å². The first-order valence-electron chi connectivity index (χ1n) is 3.48. The average molecular weight is 195 g/mol. The van der Waals surface area contributed by atoms with E-state index in [-0.39, 0.29) is 12.3 Å². The van der Waals surface area contributed by atoms with E-state index in [1.165, 1.54) is 6.92 Å². The first kappa shape index (κ1) is 11.2. The lowest BCUT2D eigenvalue weighted by molar-refractivity contribution is -0.163. The maximum atomic E-state index is 10.5. The minimum Gasteiger partial charge on any atom is -0.480 e. The van der Waals surface area contributed by atoms with Crippen LogP contribution in [-0.2, 0) is 9.59 Å². The molecule has 0 aliphatic rings. The lowest BCUT2D eigenvalue weighted by atomic mass is 9.86. The highest BCUT2D eigenvalue weighted by Gasteiger charge is 2.40. The van der Waals surface area contributed by atoms with E-state index in [4.69, 9.17) is 21.8 Å². The summed E-state index contributed by atoms with van der Waals surface area (Å²) in [6.07, 6.45) is 0.442. The van der Waals surface area contributed by atoms with Crippen molar-refractivity contribution in [1.29, 1.82) is 0 Å². The highest BCUT2D eigenvalue weighted by atomic mass is 35.5.